The Kier molecular flexibility index (Phi) is 4.89. The molecule has 0 bridgehead atoms. The second-order valence-electron chi connectivity index (χ2n) is 6.32. The number of methoxy groups -OCH3 is 2. The van der Waals surface area contributed by atoms with Gasteiger partial charge in [0.25, 0.3) is 11.6 Å². The van der Waals surface area contributed by atoms with Gasteiger partial charge in [-0.05, 0) is 23.8 Å². The van der Waals surface area contributed by atoms with Crippen LogP contribution in [-0.4, -0.2) is 36.5 Å². The van der Waals surface area contributed by atoms with E-state index in [4.69, 9.17) is 18.9 Å². The molecule has 2 aromatic carbocycles. The van der Waals surface area contributed by atoms with Gasteiger partial charge in [-0.2, -0.15) is 4.98 Å². The molecule has 7 nitrogen and oxygen atoms in total. The number of ether oxygens (including phenoxy) is 4. The average molecular weight is 380 g/mol. The Morgan fingerprint density at radius 1 is 1.11 bits per heavy atom. The molecule has 0 amide bonds. The van der Waals surface area contributed by atoms with E-state index in [1.165, 1.54) is 6.07 Å². The average Bonchev–Trinajstić information content (AvgIpc) is 3.14. The van der Waals surface area contributed by atoms with Gasteiger partial charge in [-0.25, -0.2) is 0 Å². The molecule has 0 spiro atoms. The Labute approximate surface area is 162 Å². The molecule has 0 fully saturated rings. The Morgan fingerprint density at radius 3 is 2.68 bits per heavy atom. The van der Waals surface area contributed by atoms with E-state index >= 15 is 0 Å². The molecular weight excluding hydrogens is 360 g/mol. The molecule has 28 heavy (non-hydrogen) atoms. The monoisotopic (exact) mass is 380 g/mol. The fraction of sp³-hybridized carbons (Fsp3) is 0.238. The third kappa shape index (κ3) is 3.51. The molecule has 0 radical (unpaired) electrons. The van der Waals surface area contributed by atoms with E-state index in [-0.39, 0.29) is 11.7 Å². The smallest absolute Gasteiger partial charge is 0.300 e. The van der Waals surface area contributed by atoms with Crippen molar-refractivity contribution < 1.29 is 18.9 Å². The highest BCUT2D eigenvalue weighted by Crippen LogP contribution is 2.38. The second kappa shape index (κ2) is 7.64. The molecule has 3 aromatic rings. The standard InChI is InChI=1S/C21H20N2O5/c1-25-18-5-3-4-17(20(18)26-2)14-6-8-15(9-7-14)27-13-16-12-23-11-10-19(24)22-21(23)28-16/h3-11,16H,12-13H2,1-2H3. The van der Waals surface area contributed by atoms with Crippen molar-refractivity contribution in [1.82, 2.24) is 9.55 Å². The third-order valence-electron chi connectivity index (χ3n) is 4.53. The van der Waals surface area contributed by atoms with Crippen LogP contribution in [0.2, 0.25) is 0 Å². The lowest BCUT2D eigenvalue weighted by Crippen LogP contribution is -2.23. The minimum absolute atomic E-state index is 0.188. The largest absolute Gasteiger partial charge is 0.493 e. The van der Waals surface area contributed by atoms with Gasteiger partial charge in [-0.15, -0.1) is 0 Å². The van der Waals surface area contributed by atoms with Crippen LogP contribution in [0.25, 0.3) is 11.1 Å². The Balaban J connectivity index is 1.43. The van der Waals surface area contributed by atoms with Crippen molar-refractivity contribution in [3.8, 4) is 34.4 Å². The number of rotatable bonds is 6. The number of nitrogens with zero attached hydrogens (tertiary/aromatic N) is 2. The van der Waals surface area contributed by atoms with Gasteiger partial charge >= 0.3 is 0 Å². The van der Waals surface area contributed by atoms with E-state index in [0.717, 1.165) is 16.9 Å². The van der Waals surface area contributed by atoms with Crippen molar-refractivity contribution in [2.45, 2.75) is 12.6 Å². The van der Waals surface area contributed by atoms with Gasteiger partial charge < -0.3 is 18.9 Å². The maximum absolute atomic E-state index is 11.3. The summed E-state index contributed by atoms with van der Waals surface area (Å²) in [4.78, 5) is 15.1. The molecule has 4 rings (SSSR count). The van der Waals surface area contributed by atoms with Gasteiger partial charge in [0, 0.05) is 17.8 Å². The van der Waals surface area contributed by atoms with E-state index < -0.39 is 0 Å². The quantitative estimate of drug-likeness (QED) is 0.655. The topological polar surface area (TPSA) is 71.8 Å². The van der Waals surface area contributed by atoms with Gasteiger partial charge in [0.1, 0.15) is 12.4 Å². The summed E-state index contributed by atoms with van der Waals surface area (Å²) < 4.78 is 24.2. The molecule has 1 atom stereocenters. The van der Waals surface area contributed by atoms with Crippen LogP contribution in [-0.2, 0) is 6.54 Å². The van der Waals surface area contributed by atoms with E-state index in [2.05, 4.69) is 4.98 Å². The highest BCUT2D eigenvalue weighted by molar-refractivity contribution is 5.74. The Bertz CT molecular complexity index is 1030. The highest BCUT2D eigenvalue weighted by Gasteiger charge is 2.23. The summed E-state index contributed by atoms with van der Waals surface area (Å²) in [6.45, 7) is 0.959. The minimum atomic E-state index is -0.309. The molecule has 0 saturated heterocycles. The third-order valence-corrected chi connectivity index (χ3v) is 4.53. The summed E-state index contributed by atoms with van der Waals surface area (Å²) in [5, 5.41) is 0. The zero-order chi connectivity index (χ0) is 19.5. The normalized spacial score (nSPS) is 14.9. The second-order valence-corrected chi connectivity index (χ2v) is 6.32. The fourth-order valence-corrected chi connectivity index (χ4v) is 3.17. The van der Waals surface area contributed by atoms with Crippen LogP contribution in [0.15, 0.2) is 59.5 Å². The SMILES string of the molecule is COc1cccc(-c2ccc(OCC3Cn4ccc(=O)nc4O3)cc2)c1OC. The molecular formula is C21H20N2O5. The summed E-state index contributed by atoms with van der Waals surface area (Å²) in [5.74, 6) is 2.11. The van der Waals surface area contributed by atoms with Crippen LogP contribution in [0.4, 0.5) is 0 Å². The van der Waals surface area contributed by atoms with E-state index in [1.807, 2.05) is 42.5 Å². The van der Waals surface area contributed by atoms with Crippen molar-refractivity contribution in [3.05, 3.63) is 65.1 Å². The molecule has 1 aliphatic heterocycles. The van der Waals surface area contributed by atoms with Gasteiger partial charge in [0.05, 0.1) is 20.8 Å². The summed E-state index contributed by atoms with van der Waals surface area (Å²) in [7, 11) is 3.24. The van der Waals surface area contributed by atoms with Crippen molar-refractivity contribution in [2.24, 2.45) is 0 Å². The van der Waals surface area contributed by atoms with Crippen molar-refractivity contribution in [1.29, 1.82) is 0 Å². The van der Waals surface area contributed by atoms with Crippen LogP contribution in [0.5, 0.6) is 23.3 Å². The first-order valence-corrected chi connectivity index (χ1v) is 8.86. The van der Waals surface area contributed by atoms with E-state index in [1.54, 1.807) is 25.0 Å². The van der Waals surface area contributed by atoms with Crippen LogP contribution in [0.3, 0.4) is 0 Å². The summed E-state index contributed by atoms with van der Waals surface area (Å²) in [6.07, 6.45) is 1.49. The maximum atomic E-state index is 11.3. The van der Waals surface area contributed by atoms with Crippen LogP contribution < -0.4 is 24.5 Å². The maximum Gasteiger partial charge on any atom is 0.300 e. The Hall–Kier alpha value is -3.48. The summed E-state index contributed by atoms with van der Waals surface area (Å²) >= 11 is 0. The number of hydrogen-bond donors (Lipinski definition) is 0. The molecule has 7 heteroatoms. The molecule has 2 heterocycles. The highest BCUT2D eigenvalue weighted by atomic mass is 16.6. The Morgan fingerprint density at radius 2 is 1.93 bits per heavy atom. The van der Waals surface area contributed by atoms with Gasteiger partial charge in [0.15, 0.2) is 17.6 Å². The van der Waals surface area contributed by atoms with Crippen LogP contribution in [0.1, 0.15) is 0 Å². The predicted octanol–water partition coefficient (Wildman–Crippen LogP) is 2.77. The zero-order valence-corrected chi connectivity index (χ0v) is 15.6. The summed E-state index contributed by atoms with van der Waals surface area (Å²) in [6, 6.07) is 15.3. The molecule has 0 N–H and O–H groups in total. The lowest BCUT2D eigenvalue weighted by molar-refractivity contribution is 0.143. The first kappa shape index (κ1) is 17.9. The van der Waals surface area contributed by atoms with Gasteiger partial charge in [0.2, 0.25) is 0 Å². The molecule has 1 aromatic heterocycles. The van der Waals surface area contributed by atoms with Crippen molar-refractivity contribution in [3.63, 3.8) is 0 Å². The van der Waals surface area contributed by atoms with E-state index in [9.17, 15) is 4.79 Å². The number of hydrogen-bond acceptors (Lipinski definition) is 6. The van der Waals surface area contributed by atoms with E-state index in [0.29, 0.717) is 30.7 Å². The van der Waals surface area contributed by atoms with Crippen LogP contribution >= 0.6 is 0 Å². The number of benzene rings is 2. The minimum Gasteiger partial charge on any atom is -0.493 e. The lowest BCUT2D eigenvalue weighted by atomic mass is 10.0. The van der Waals surface area contributed by atoms with Gasteiger partial charge in [-0.3, -0.25) is 9.36 Å². The first-order valence-electron chi connectivity index (χ1n) is 8.86. The van der Waals surface area contributed by atoms with Gasteiger partial charge in [-0.1, -0.05) is 24.3 Å². The number of para-hydroxylation sites is 1. The molecule has 1 aliphatic rings. The predicted molar refractivity (Wildman–Crippen MR) is 103 cm³/mol. The molecule has 144 valence electrons. The summed E-state index contributed by atoms with van der Waals surface area (Å²) in [5.41, 5.74) is 1.63. The first-order chi connectivity index (χ1) is 13.7. The number of fused-ring (bicyclic) bond motifs is 1. The van der Waals surface area contributed by atoms with Crippen LogP contribution in [0, 0.1) is 0 Å². The molecule has 1 unspecified atom stereocenters. The number of aromatic nitrogens is 2. The molecule has 0 aliphatic carbocycles. The van der Waals surface area contributed by atoms with Crippen molar-refractivity contribution >= 4 is 0 Å². The lowest BCUT2D eigenvalue weighted by Gasteiger charge is -2.14. The van der Waals surface area contributed by atoms with Crippen molar-refractivity contribution in [2.75, 3.05) is 20.8 Å². The molecule has 0 saturated carbocycles. The fourth-order valence-electron chi connectivity index (χ4n) is 3.17. The zero-order valence-electron chi connectivity index (χ0n) is 15.6.